The van der Waals surface area contributed by atoms with Crippen molar-refractivity contribution in [2.24, 2.45) is 0 Å². The molecule has 4 nitrogen and oxygen atoms in total. The van der Waals surface area contributed by atoms with E-state index < -0.39 is 0 Å². The van der Waals surface area contributed by atoms with Gasteiger partial charge in [0, 0.05) is 28.9 Å². The Labute approximate surface area is 99.4 Å². The van der Waals surface area contributed by atoms with E-state index >= 15 is 0 Å². The fraction of sp³-hybridized carbons (Fsp3) is 0.462. The van der Waals surface area contributed by atoms with Gasteiger partial charge in [-0.15, -0.1) is 0 Å². The van der Waals surface area contributed by atoms with Crippen LogP contribution in [0.4, 0.5) is 0 Å². The van der Waals surface area contributed by atoms with Gasteiger partial charge in [-0.25, -0.2) is 4.98 Å². The molecule has 0 aliphatic carbocycles. The zero-order chi connectivity index (χ0) is 11.3. The molecule has 2 aromatic heterocycles. The molecular formula is C13H15N3O. The normalized spacial score (nSPS) is 22.1. The van der Waals surface area contributed by atoms with E-state index in [-0.39, 0.29) is 5.60 Å². The van der Waals surface area contributed by atoms with Crippen LogP contribution in [0.15, 0.2) is 18.5 Å². The van der Waals surface area contributed by atoms with E-state index in [0.717, 1.165) is 31.6 Å². The first-order chi connectivity index (χ1) is 8.39. The smallest absolute Gasteiger partial charge is 0.137 e. The molecule has 2 N–H and O–H groups in total. The molecular weight excluding hydrogens is 214 g/mol. The Morgan fingerprint density at radius 1 is 1.29 bits per heavy atom. The van der Waals surface area contributed by atoms with Crippen LogP contribution in [-0.4, -0.2) is 23.1 Å². The first-order valence-corrected chi connectivity index (χ1v) is 6.19. The van der Waals surface area contributed by atoms with Crippen LogP contribution >= 0.6 is 0 Å². The van der Waals surface area contributed by atoms with Crippen LogP contribution in [0.3, 0.4) is 0 Å². The van der Waals surface area contributed by atoms with Crippen LogP contribution < -0.4 is 5.32 Å². The SMILES string of the molecule is c1cc2c3c(cnc2[nH]1)COC31CCNCC1. The Balaban J connectivity index is 1.97. The minimum atomic E-state index is -0.0655. The van der Waals surface area contributed by atoms with Crippen molar-refractivity contribution >= 4 is 11.0 Å². The van der Waals surface area contributed by atoms with Gasteiger partial charge in [-0.2, -0.15) is 0 Å². The summed E-state index contributed by atoms with van der Waals surface area (Å²) in [4.78, 5) is 7.63. The largest absolute Gasteiger partial charge is 0.365 e. The Kier molecular flexibility index (Phi) is 1.87. The molecule has 0 aromatic carbocycles. The van der Waals surface area contributed by atoms with Gasteiger partial charge in [0.2, 0.25) is 0 Å². The van der Waals surface area contributed by atoms with Crippen molar-refractivity contribution in [3.63, 3.8) is 0 Å². The highest BCUT2D eigenvalue weighted by atomic mass is 16.5. The first kappa shape index (κ1) is 9.62. The Morgan fingerprint density at radius 3 is 3.06 bits per heavy atom. The van der Waals surface area contributed by atoms with Crippen molar-refractivity contribution in [3.05, 3.63) is 29.6 Å². The van der Waals surface area contributed by atoms with Crippen LogP contribution in [0.5, 0.6) is 0 Å². The van der Waals surface area contributed by atoms with Gasteiger partial charge in [-0.3, -0.25) is 0 Å². The number of H-pyrrole nitrogens is 1. The van der Waals surface area contributed by atoms with E-state index in [2.05, 4.69) is 21.4 Å². The Hall–Kier alpha value is -1.39. The van der Waals surface area contributed by atoms with Gasteiger partial charge in [0.15, 0.2) is 0 Å². The number of rotatable bonds is 0. The van der Waals surface area contributed by atoms with Crippen LogP contribution in [-0.2, 0) is 16.9 Å². The average Bonchev–Trinajstić information content (AvgIpc) is 2.95. The average molecular weight is 229 g/mol. The van der Waals surface area contributed by atoms with Crippen LogP contribution in [0, 0.1) is 0 Å². The molecule has 0 saturated carbocycles. The van der Waals surface area contributed by atoms with Crippen molar-refractivity contribution in [1.82, 2.24) is 15.3 Å². The predicted molar refractivity (Wildman–Crippen MR) is 64.7 cm³/mol. The molecule has 0 unspecified atom stereocenters. The molecule has 2 aromatic rings. The quantitative estimate of drug-likeness (QED) is 0.722. The first-order valence-electron chi connectivity index (χ1n) is 6.19. The second-order valence-electron chi connectivity index (χ2n) is 4.93. The zero-order valence-electron chi connectivity index (χ0n) is 9.62. The molecule has 1 spiro atoms. The number of hydrogen-bond acceptors (Lipinski definition) is 3. The number of piperidine rings is 1. The molecule has 1 fully saturated rings. The summed E-state index contributed by atoms with van der Waals surface area (Å²) >= 11 is 0. The lowest BCUT2D eigenvalue weighted by molar-refractivity contribution is -0.0582. The molecule has 2 aliphatic rings. The van der Waals surface area contributed by atoms with E-state index in [1.54, 1.807) is 0 Å². The molecule has 4 rings (SSSR count). The van der Waals surface area contributed by atoms with Crippen LogP contribution in [0.25, 0.3) is 11.0 Å². The van der Waals surface area contributed by atoms with Gasteiger partial charge < -0.3 is 15.0 Å². The number of nitrogens with one attached hydrogen (secondary N) is 2. The molecule has 1 saturated heterocycles. The van der Waals surface area contributed by atoms with Crippen molar-refractivity contribution in [2.45, 2.75) is 25.0 Å². The monoisotopic (exact) mass is 229 g/mol. The van der Waals surface area contributed by atoms with E-state index in [1.165, 1.54) is 16.5 Å². The van der Waals surface area contributed by atoms with Crippen molar-refractivity contribution < 1.29 is 4.74 Å². The van der Waals surface area contributed by atoms with E-state index in [1.807, 2.05) is 12.4 Å². The molecule has 0 amide bonds. The van der Waals surface area contributed by atoms with Crippen molar-refractivity contribution in [3.8, 4) is 0 Å². The van der Waals surface area contributed by atoms with Gasteiger partial charge >= 0.3 is 0 Å². The van der Waals surface area contributed by atoms with Gasteiger partial charge in [0.05, 0.1) is 12.2 Å². The second-order valence-corrected chi connectivity index (χ2v) is 4.93. The summed E-state index contributed by atoms with van der Waals surface area (Å²) in [6.07, 6.45) is 6.05. The predicted octanol–water partition coefficient (Wildman–Crippen LogP) is 1.67. The molecule has 88 valence electrons. The maximum absolute atomic E-state index is 6.14. The topological polar surface area (TPSA) is 49.9 Å². The van der Waals surface area contributed by atoms with Gasteiger partial charge in [0.1, 0.15) is 5.65 Å². The number of hydrogen-bond donors (Lipinski definition) is 2. The maximum atomic E-state index is 6.14. The van der Waals surface area contributed by atoms with E-state index in [0.29, 0.717) is 6.61 Å². The summed E-state index contributed by atoms with van der Waals surface area (Å²) in [7, 11) is 0. The number of aromatic nitrogens is 2. The standard InChI is InChI=1S/C13H15N3O/c1-4-15-12-10(1)11-9(7-16-12)8-17-13(11)2-5-14-6-3-13/h1,4,7,14H,2-3,5-6,8H2,(H,15,16). The highest BCUT2D eigenvalue weighted by Gasteiger charge is 2.42. The van der Waals surface area contributed by atoms with Crippen molar-refractivity contribution in [1.29, 1.82) is 0 Å². The molecule has 0 bridgehead atoms. The molecule has 2 aliphatic heterocycles. The lowest BCUT2D eigenvalue weighted by atomic mass is 9.83. The summed E-state index contributed by atoms with van der Waals surface area (Å²) in [6.45, 7) is 2.78. The minimum Gasteiger partial charge on any atom is -0.365 e. The number of aromatic amines is 1. The van der Waals surface area contributed by atoms with E-state index in [4.69, 9.17) is 4.74 Å². The summed E-state index contributed by atoms with van der Waals surface area (Å²) in [6, 6.07) is 2.12. The molecule has 0 radical (unpaired) electrons. The van der Waals surface area contributed by atoms with Crippen LogP contribution in [0.2, 0.25) is 0 Å². The molecule has 0 atom stereocenters. The minimum absolute atomic E-state index is 0.0655. The van der Waals surface area contributed by atoms with Gasteiger partial charge in [-0.05, 0) is 32.0 Å². The van der Waals surface area contributed by atoms with Crippen molar-refractivity contribution in [2.75, 3.05) is 13.1 Å². The number of pyridine rings is 1. The summed E-state index contributed by atoms with van der Waals surface area (Å²) in [5, 5.41) is 4.64. The van der Waals surface area contributed by atoms with Crippen LogP contribution in [0.1, 0.15) is 24.0 Å². The molecule has 17 heavy (non-hydrogen) atoms. The Bertz CT molecular complexity index is 564. The Morgan fingerprint density at radius 2 is 2.18 bits per heavy atom. The second kappa shape index (κ2) is 3.31. The van der Waals surface area contributed by atoms with Gasteiger partial charge in [-0.1, -0.05) is 0 Å². The highest BCUT2D eigenvalue weighted by Crippen LogP contribution is 2.45. The molecule has 4 heterocycles. The fourth-order valence-electron chi connectivity index (χ4n) is 3.21. The van der Waals surface area contributed by atoms with E-state index in [9.17, 15) is 0 Å². The third-order valence-electron chi connectivity index (χ3n) is 4.04. The number of nitrogens with zero attached hydrogens (tertiary/aromatic N) is 1. The lowest BCUT2D eigenvalue weighted by Gasteiger charge is -2.34. The maximum Gasteiger partial charge on any atom is 0.137 e. The fourth-order valence-corrected chi connectivity index (χ4v) is 3.21. The summed E-state index contributed by atoms with van der Waals surface area (Å²) in [5.41, 5.74) is 3.56. The summed E-state index contributed by atoms with van der Waals surface area (Å²) < 4.78 is 6.14. The number of ether oxygens (including phenoxy) is 1. The third-order valence-corrected chi connectivity index (χ3v) is 4.04. The number of fused-ring (bicyclic) bond motifs is 4. The molecule has 4 heteroatoms. The summed E-state index contributed by atoms with van der Waals surface area (Å²) in [5.74, 6) is 0. The van der Waals surface area contributed by atoms with Gasteiger partial charge in [0.25, 0.3) is 0 Å². The highest BCUT2D eigenvalue weighted by molar-refractivity contribution is 5.82. The third kappa shape index (κ3) is 1.22. The zero-order valence-corrected chi connectivity index (χ0v) is 9.62. The lowest BCUT2D eigenvalue weighted by Crippen LogP contribution is -2.39.